The fraction of sp³-hybridized carbons (Fsp3) is 0.907. The Morgan fingerprint density at radius 2 is 1.67 bits per heavy atom. The minimum absolute atomic E-state index is 0.133. The lowest BCUT2D eigenvalue weighted by atomic mass is 9.79. The van der Waals surface area contributed by atoms with Gasteiger partial charge in [-0.3, -0.25) is 4.79 Å². The molecule has 0 aromatic rings. The summed E-state index contributed by atoms with van der Waals surface area (Å²) in [4.78, 5) is 47.2. The summed E-state index contributed by atoms with van der Waals surface area (Å²) in [6, 6.07) is -0.893. The number of amides is 1. The van der Waals surface area contributed by atoms with Gasteiger partial charge in [-0.05, 0) is 81.8 Å². The number of aliphatic hydroxyl groups excluding tert-OH is 1. The molecule has 60 heavy (non-hydrogen) atoms. The van der Waals surface area contributed by atoms with Gasteiger partial charge in [-0.1, -0.05) is 34.1 Å². The summed E-state index contributed by atoms with van der Waals surface area (Å²) in [7, 11) is 5.36. The fourth-order valence-electron chi connectivity index (χ4n) is 9.96. The van der Waals surface area contributed by atoms with E-state index in [0.717, 1.165) is 12.8 Å². The number of unbranched alkanes of at least 4 members (excludes halogenated alkanes) is 1. The number of carbonyl (C=O) groups is 3. The van der Waals surface area contributed by atoms with Crippen molar-refractivity contribution in [2.45, 2.75) is 205 Å². The van der Waals surface area contributed by atoms with Crippen molar-refractivity contribution in [2.75, 3.05) is 27.7 Å². The molecule has 4 saturated heterocycles. The van der Waals surface area contributed by atoms with Crippen molar-refractivity contribution in [1.82, 2.24) is 10.2 Å². The molecule has 1 amide bonds. The fourth-order valence-corrected chi connectivity index (χ4v) is 9.96. The third kappa shape index (κ3) is 10.0. The Hall–Kier alpha value is -2.80. The predicted molar refractivity (Wildman–Crippen MR) is 218 cm³/mol. The van der Waals surface area contributed by atoms with Gasteiger partial charge < -0.3 is 62.7 Å². The van der Waals surface area contributed by atoms with Crippen molar-refractivity contribution in [3.05, 3.63) is 0 Å². The minimum Gasteiger partial charge on any atom is -0.472 e. The molecule has 5 aliphatic rings. The lowest BCUT2D eigenvalue weighted by Crippen LogP contribution is -2.61. The molecule has 2 bridgehead atoms. The summed E-state index contributed by atoms with van der Waals surface area (Å²) in [6.45, 7) is 21.0. The molecule has 0 spiro atoms. The Morgan fingerprint density at radius 3 is 2.30 bits per heavy atom. The van der Waals surface area contributed by atoms with Crippen molar-refractivity contribution in [1.29, 1.82) is 0 Å². The van der Waals surface area contributed by atoms with E-state index in [9.17, 15) is 19.5 Å². The molecule has 5 rings (SSSR count). The molecule has 5 heterocycles. The molecule has 0 aliphatic carbocycles. The second-order valence-electron chi connectivity index (χ2n) is 18.6. The van der Waals surface area contributed by atoms with Crippen LogP contribution in [-0.4, -0.2) is 152 Å². The van der Waals surface area contributed by atoms with Gasteiger partial charge in [0.2, 0.25) is 0 Å². The van der Waals surface area contributed by atoms with Gasteiger partial charge in [0.1, 0.15) is 29.5 Å². The van der Waals surface area contributed by atoms with E-state index >= 15 is 0 Å². The topological polar surface area (TPSA) is 191 Å². The number of nitrogens with one attached hydrogen (secondary N) is 1. The maximum Gasteiger partial charge on any atom is 0.509 e. The third-order valence-corrected chi connectivity index (χ3v) is 13.4. The molecule has 4 fully saturated rings. The van der Waals surface area contributed by atoms with Crippen LogP contribution in [-0.2, 0) is 52.2 Å². The summed E-state index contributed by atoms with van der Waals surface area (Å²) in [6.07, 6.45) is -6.65. The third-order valence-electron chi connectivity index (χ3n) is 13.4. The van der Waals surface area contributed by atoms with Crippen LogP contribution in [0.1, 0.15) is 115 Å². The molecule has 0 unspecified atom stereocenters. The number of likely N-dealkylation sites (N-methyl/N-ethyl adjacent to an activating group) is 1. The SMILES string of the molecule is CCCCNC(=O)O[C@H]1[C@H](C)O[C@@H](O[C@H]2[C@H](C)[C@@H](O[C@@H]3O[C@H](C)C[C@H](N(C)C)[C@H]3O)[C@@]3(C)C[C@@H](C)C(=N[C@H](C)[C@H]4OC(=O)O[C@@]4(C)[C@@H](CC)OC(=O)[C@@H]2C)O3)C[C@@]1(C)OC. The zero-order chi connectivity index (χ0) is 44.5. The second kappa shape index (κ2) is 19.3. The van der Waals surface area contributed by atoms with E-state index in [1.807, 2.05) is 74.4 Å². The number of carbonyl (C=O) groups excluding carboxylic acids is 3. The van der Waals surface area contributed by atoms with Gasteiger partial charge in [0, 0.05) is 44.4 Å². The number of cyclic esters (lactones) is 1. The van der Waals surface area contributed by atoms with Crippen LogP contribution < -0.4 is 5.32 Å². The van der Waals surface area contributed by atoms with Crippen molar-refractivity contribution in [3.8, 4) is 0 Å². The number of hydrogen-bond acceptors (Lipinski definition) is 16. The Bertz CT molecular complexity index is 1530. The summed E-state index contributed by atoms with van der Waals surface area (Å²) in [5.74, 6) is -1.99. The zero-order valence-electron chi connectivity index (χ0n) is 38.3. The number of nitrogens with zero attached hydrogens (tertiary/aromatic N) is 2. The number of aliphatic imine (C=N–C) groups is 1. The number of rotatable bonds is 11. The standard InChI is InChI=1S/C43H73N3O14/c1-15-17-18-44-39(49)57-35-27(8)53-30(21-41(35,9)51-14)55-32-24(5)33(56-38-31(47)28(46(12)13)19-23(4)52-38)42(10)20-22(3)36(59-42)45-26(7)34-43(11,60-40(50)58-34)29(16-2)54-37(48)25(32)6/h22-35,38,47H,15-21H2,1-14H3,(H,44,49)/t22-,23-,24+,25-,26-,27+,28+,29-,30+,31-,32+,33-,34-,35+,38+,41-,42-,43+/m1/s1. The average molecular weight is 856 g/mol. The van der Waals surface area contributed by atoms with Gasteiger partial charge in [-0.2, -0.15) is 0 Å². The monoisotopic (exact) mass is 856 g/mol. The molecule has 5 aliphatic heterocycles. The van der Waals surface area contributed by atoms with Gasteiger partial charge in [0.05, 0.1) is 30.3 Å². The molecule has 344 valence electrons. The quantitative estimate of drug-likeness (QED) is 0.158. The summed E-state index contributed by atoms with van der Waals surface area (Å²) in [5, 5.41) is 14.5. The Labute approximate surface area is 356 Å². The van der Waals surface area contributed by atoms with Crippen molar-refractivity contribution in [2.24, 2.45) is 22.7 Å². The molecular weight excluding hydrogens is 782 g/mol. The van der Waals surface area contributed by atoms with Crippen LogP contribution in [0.5, 0.6) is 0 Å². The largest absolute Gasteiger partial charge is 0.509 e. The maximum absolute atomic E-state index is 14.6. The van der Waals surface area contributed by atoms with E-state index in [2.05, 4.69) is 5.32 Å². The van der Waals surface area contributed by atoms with E-state index in [1.165, 1.54) is 0 Å². The van der Waals surface area contributed by atoms with Crippen molar-refractivity contribution >= 4 is 24.1 Å². The minimum atomic E-state index is -1.37. The highest BCUT2D eigenvalue weighted by molar-refractivity contribution is 5.81. The Balaban J connectivity index is 1.57. The first-order valence-corrected chi connectivity index (χ1v) is 21.9. The maximum atomic E-state index is 14.6. The molecule has 17 nitrogen and oxygen atoms in total. The summed E-state index contributed by atoms with van der Waals surface area (Å²) < 4.78 is 63.4. The van der Waals surface area contributed by atoms with Gasteiger partial charge in [0.15, 0.2) is 36.3 Å². The number of ether oxygens (including phenoxy) is 10. The highest BCUT2D eigenvalue weighted by Gasteiger charge is 2.59. The molecule has 0 aromatic carbocycles. The van der Waals surface area contributed by atoms with Gasteiger partial charge in [-0.15, -0.1) is 0 Å². The molecule has 0 aromatic heterocycles. The zero-order valence-corrected chi connectivity index (χ0v) is 38.3. The van der Waals surface area contributed by atoms with Gasteiger partial charge >= 0.3 is 18.2 Å². The average Bonchev–Trinajstić information content (AvgIpc) is 3.66. The van der Waals surface area contributed by atoms with Gasteiger partial charge in [-0.25, -0.2) is 14.6 Å². The summed E-state index contributed by atoms with van der Waals surface area (Å²) in [5.41, 5.74) is -3.51. The van der Waals surface area contributed by atoms with Crippen LogP contribution in [0.25, 0.3) is 0 Å². The molecule has 0 saturated carbocycles. The predicted octanol–water partition coefficient (Wildman–Crippen LogP) is 5.12. The molecule has 2 N–H and O–H groups in total. The van der Waals surface area contributed by atoms with Crippen LogP contribution in [0, 0.1) is 17.8 Å². The highest BCUT2D eigenvalue weighted by Crippen LogP contribution is 2.45. The number of esters is 1. The van der Waals surface area contributed by atoms with E-state index in [-0.39, 0.29) is 24.5 Å². The van der Waals surface area contributed by atoms with Crippen LogP contribution in [0.3, 0.4) is 0 Å². The first-order valence-electron chi connectivity index (χ1n) is 21.9. The van der Waals surface area contributed by atoms with Crippen LogP contribution in [0.2, 0.25) is 0 Å². The molecule has 17 heteroatoms. The van der Waals surface area contributed by atoms with Crippen molar-refractivity contribution < 1.29 is 66.9 Å². The van der Waals surface area contributed by atoms with Crippen LogP contribution in [0.15, 0.2) is 4.99 Å². The molecular formula is C43H73N3O14. The Morgan fingerprint density at radius 1 is 0.967 bits per heavy atom. The number of fused-ring (bicyclic) bond motifs is 3. The van der Waals surface area contributed by atoms with Crippen molar-refractivity contribution in [3.63, 3.8) is 0 Å². The lowest BCUT2D eigenvalue weighted by molar-refractivity contribution is -0.315. The smallest absolute Gasteiger partial charge is 0.472 e. The van der Waals surface area contributed by atoms with E-state index in [1.54, 1.807) is 27.9 Å². The van der Waals surface area contributed by atoms with Crippen LogP contribution in [0.4, 0.5) is 9.59 Å². The molecule has 0 radical (unpaired) electrons. The second-order valence-corrected chi connectivity index (χ2v) is 18.6. The number of aliphatic hydroxyl groups is 1. The lowest BCUT2D eigenvalue weighted by Gasteiger charge is -2.49. The first kappa shape index (κ1) is 48.2. The van der Waals surface area contributed by atoms with E-state index < -0.39 is 108 Å². The number of hydrogen-bond donors (Lipinski definition) is 2. The van der Waals surface area contributed by atoms with E-state index in [0.29, 0.717) is 31.7 Å². The number of methoxy groups -OCH3 is 1. The van der Waals surface area contributed by atoms with E-state index in [4.69, 9.17) is 52.4 Å². The molecule has 18 atom stereocenters. The normalized spacial score (nSPS) is 45.0. The van der Waals surface area contributed by atoms with Gasteiger partial charge in [0.25, 0.3) is 0 Å². The Kier molecular flexibility index (Phi) is 15.5. The first-order chi connectivity index (χ1) is 28.1. The van der Waals surface area contributed by atoms with Crippen LogP contribution >= 0.6 is 0 Å². The number of alkyl carbamates (subject to hydrolysis) is 1. The summed E-state index contributed by atoms with van der Waals surface area (Å²) >= 11 is 0. The highest BCUT2D eigenvalue weighted by atomic mass is 16.8.